The second-order valence-electron chi connectivity index (χ2n) is 4.86. The fourth-order valence-corrected chi connectivity index (χ4v) is 2.87. The third-order valence-corrected chi connectivity index (χ3v) is 3.71. The molecule has 0 radical (unpaired) electrons. The lowest BCUT2D eigenvalue weighted by Gasteiger charge is -2.33. The molecule has 22 heavy (non-hydrogen) atoms. The van der Waals surface area contributed by atoms with Crippen molar-refractivity contribution in [2.45, 2.75) is 17.9 Å². The summed E-state index contributed by atoms with van der Waals surface area (Å²) in [4.78, 5) is 0. The molecule has 0 N–H and O–H groups in total. The molecule has 3 rings (SSSR count). The molecular weight excluding hydrogens is 313 g/mol. The van der Waals surface area contributed by atoms with Crippen LogP contribution >= 0.6 is 12.2 Å². The van der Waals surface area contributed by atoms with Crippen molar-refractivity contribution in [3.05, 3.63) is 71.8 Å². The van der Waals surface area contributed by atoms with Crippen molar-refractivity contribution < 1.29 is 22.6 Å². The van der Waals surface area contributed by atoms with Crippen molar-refractivity contribution in [1.82, 2.24) is 0 Å². The van der Waals surface area contributed by atoms with E-state index in [-0.39, 0.29) is 0 Å². The van der Waals surface area contributed by atoms with Crippen LogP contribution in [-0.4, -0.2) is 17.5 Å². The van der Waals surface area contributed by atoms with Gasteiger partial charge in [-0.15, -0.1) is 0 Å². The minimum atomic E-state index is -4.63. The Morgan fingerprint density at radius 2 is 1.32 bits per heavy atom. The predicted molar refractivity (Wildman–Crippen MR) is 78.3 cm³/mol. The van der Waals surface area contributed by atoms with Crippen molar-refractivity contribution in [3.8, 4) is 0 Å². The number of thiocarbonyl (C=S) groups is 1. The number of benzene rings is 2. The number of hydrogen-bond acceptors (Lipinski definition) is 3. The molecule has 2 nitrogen and oxygen atoms in total. The van der Waals surface area contributed by atoms with Gasteiger partial charge in [-0.05, 0) is 0 Å². The number of halogens is 3. The van der Waals surface area contributed by atoms with E-state index in [1.807, 2.05) is 0 Å². The molecule has 1 aliphatic rings. The first kappa shape index (κ1) is 14.8. The van der Waals surface area contributed by atoms with Crippen LogP contribution in [0.1, 0.15) is 11.1 Å². The highest BCUT2D eigenvalue weighted by Gasteiger charge is 2.64. The first-order valence-corrected chi connectivity index (χ1v) is 6.93. The van der Waals surface area contributed by atoms with Crippen molar-refractivity contribution in [1.29, 1.82) is 0 Å². The topological polar surface area (TPSA) is 18.5 Å². The van der Waals surface area contributed by atoms with Crippen LogP contribution in [0, 0.1) is 0 Å². The Kier molecular flexibility index (Phi) is 3.56. The van der Waals surface area contributed by atoms with E-state index in [4.69, 9.17) is 21.7 Å². The van der Waals surface area contributed by atoms with Crippen LogP contribution in [0.3, 0.4) is 0 Å². The predicted octanol–water partition coefficient (Wildman–Crippen LogP) is 4.19. The highest BCUT2D eigenvalue weighted by Crippen LogP contribution is 2.48. The third kappa shape index (κ3) is 2.33. The van der Waals surface area contributed by atoms with Crippen molar-refractivity contribution in [3.63, 3.8) is 0 Å². The molecule has 1 aliphatic heterocycles. The first-order chi connectivity index (χ1) is 10.4. The lowest BCUT2D eigenvalue weighted by Crippen LogP contribution is -2.47. The molecule has 0 amide bonds. The molecule has 2 aromatic carbocycles. The maximum Gasteiger partial charge on any atom is 0.430 e. The highest BCUT2D eigenvalue weighted by molar-refractivity contribution is 7.79. The minimum Gasteiger partial charge on any atom is -0.439 e. The van der Waals surface area contributed by atoms with Gasteiger partial charge in [-0.1, -0.05) is 60.7 Å². The van der Waals surface area contributed by atoms with Gasteiger partial charge >= 0.3 is 11.4 Å². The summed E-state index contributed by atoms with van der Waals surface area (Å²) in [5.41, 5.74) is -1.16. The van der Waals surface area contributed by atoms with E-state index < -0.39 is 23.1 Å². The first-order valence-electron chi connectivity index (χ1n) is 6.52. The summed E-state index contributed by atoms with van der Waals surface area (Å²) < 4.78 is 50.9. The third-order valence-electron chi connectivity index (χ3n) is 3.53. The SMILES string of the molecule is FC(F)(F)C1OC(=S)OC1(c1ccccc1)c1ccccc1. The molecule has 2 aromatic rings. The van der Waals surface area contributed by atoms with Crippen LogP contribution in [-0.2, 0) is 15.1 Å². The van der Waals surface area contributed by atoms with Gasteiger partial charge in [0.15, 0.2) is 0 Å². The van der Waals surface area contributed by atoms with Crippen LogP contribution in [0.4, 0.5) is 13.2 Å². The zero-order chi connectivity index (χ0) is 15.8. The molecule has 1 heterocycles. The summed E-state index contributed by atoms with van der Waals surface area (Å²) in [5.74, 6) is 0. The molecule has 6 heteroatoms. The molecule has 1 fully saturated rings. The van der Waals surface area contributed by atoms with E-state index in [0.717, 1.165) is 0 Å². The Bertz CT molecular complexity index is 631. The zero-order valence-electron chi connectivity index (χ0n) is 11.2. The molecule has 1 unspecified atom stereocenters. The van der Waals surface area contributed by atoms with Gasteiger partial charge in [-0.2, -0.15) is 13.2 Å². The van der Waals surface area contributed by atoms with Crippen molar-refractivity contribution in [2.24, 2.45) is 0 Å². The van der Waals surface area contributed by atoms with Crippen LogP contribution in [0.2, 0.25) is 0 Å². The monoisotopic (exact) mass is 324 g/mol. The van der Waals surface area contributed by atoms with Gasteiger partial charge in [0.2, 0.25) is 11.7 Å². The summed E-state index contributed by atoms with van der Waals surface area (Å²) in [5, 5.41) is -0.505. The molecule has 0 bridgehead atoms. The summed E-state index contributed by atoms with van der Waals surface area (Å²) in [6.45, 7) is 0. The molecular formula is C16H11F3O2S. The molecule has 1 saturated heterocycles. The lowest BCUT2D eigenvalue weighted by molar-refractivity contribution is -0.216. The van der Waals surface area contributed by atoms with Crippen LogP contribution in [0.25, 0.3) is 0 Å². The van der Waals surface area contributed by atoms with Gasteiger partial charge < -0.3 is 9.47 Å². The molecule has 0 aliphatic carbocycles. The van der Waals surface area contributed by atoms with E-state index >= 15 is 0 Å². The van der Waals surface area contributed by atoms with Gasteiger partial charge in [0.1, 0.15) is 0 Å². The highest BCUT2D eigenvalue weighted by atomic mass is 32.1. The van der Waals surface area contributed by atoms with E-state index in [0.29, 0.717) is 11.1 Å². The van der Waals surface area contributed by atoms with E-state index in [2.05, 4.69) is 0 Å². The molecule has 0 aromatic heterocycles. The lowest BCUT2D eigenvalue weighted by atomic mass is 9.81. The van der Waals surface area contributed by atoms with Gasteiger partial charge in [0.25, 0.3) is 0 Å². The Labute approximate surface area is 130 Å². The fourth-order valence-electron chi connectivity index (χ4n) is 2.64. The van der Waals surface area contributed by atoms with Gasteiger partial charge in [-0.3, -0.25) is 0 Å². The quantitative estimate of drug-likeness (QED) is 0.772. The Morgan fingerprint density at radius 3 is 1.73 bits per heavy atom. The smallest absolute Gasteiger partial charge is 0.430 e. The molecule has 1 atom stereocenters. The number of ether oxygens (including phenoxy) is 2. The van der Waals surface area contributed by atoms with E-state index in [1.165, 1.54) is 0 Å². The summed E-state index contributed by atoms with van der Waals surface area (Å²) in [6.07, 6.45) is -6.83. The number of rotatable bonds is 2. The van der Waals surface area contributed by atoms with Crippen molar-refractivity contribution >= 4 is 17.5 Å². The zero-order valence-corrected chi connectivity index (χ0v) is 12.0. The van der Waals surface area contributed by atoms with Crippen LogP contribution in [0.15, 0.2) is 60.7 Å². The van der Waals surface area contributed by atoms with Gasteiger partial charge in [-0.25, -0.2) is 0 Å². The number of hydrogen-bond donors (Lipinski definition) is 0. The average Bonchev–Trinajstić information content (AvgIpc) is 2.88. The number of alkyl halides is 3. The molecule has 0 saturated carbocycles. The van der Waals surface area contributed by atoms with Crippen LogP contribution in [0.5, 0.6) is 0 Å². The van der Waals surface area contributed by atoms with E-state index in [1.54, 1.807) is 60.7 Å². The molecule has 114 valence electrons. The largest absolute Gasteiger partial charge is 0.439 e. The standard InChI is InChI=1S/C16H11F3O2S/c17-16(18,19)13-15(21-14(22)20-13,11-7-3-1-4-8-11)12-9-5-2-6-10-12/h1-10,13H. The second kappa shape index (κ2) is 5.28. The maximum atomic E-state index is 13.5. The van der Waals surface area contributed by atoms with E-state index in [9.17, 15) is 13.2 Å². The summed E-state index contributed by atoms with van der Waals surface area (Å²) in [7, 11) is 0. The summed E-state index contributed by atoms with van der Waals surface area (Å²) >= 11 is 4.77. The minimum absolute atomic E-state index is 0.336. The fraction of sp³-hybridized carbons (Fsp3) is 0.188. The van der Waals surface area contributed by atoms with Crippen molar-refractivity contribution in [2.75, 3.05) is 0 Å². The second-order valence-corrected chi connectivity index (χ2v) is 5.19. The Balaban J connectivity index is 2.26. The van der Waals surface area contributed by atoms with Crippen LogP contribution < -0.4 is 0 Å². The average molecular weight is 324 g/mol. The van der Waals surface area contributed by atoms with Gasteiger partial charge in [0.05, 0.1) is 0 Å². The Hall–Kier alpha value is -2.08. The maximum absolute atomic E-state index is 13.5. The van der Waals surface area contributed by atoms with Gasteiger partial charge in [0, 0.05) is 23.3 Å². The Morgan fingerprint density at radius 1 is 0.864 bits per heavy atom. The normalized spacial score (nSPS) is 20.3. The molecule has 0 spiro atoms. The summed E-state index contributed by atoms with van der Waals surface area (Å²) in [6, 6.07) is 16.3.